The molecule has 3 aromatic rings. The van der Waals surface area contributed by atoms with Gasteiger partial charge < -0.3 is 24.4 Å². The van der Waals surface area contributed by atoms with Gasteiger partial charge in [-0.2, -0.15) is 0 Å². The Labute approximate surface area is 254 Å². The van der Waals surface area contributed by atoms with E-state index in [1.807, 2.05) is 72.8 Å². The van der Waals surface area contributed by atoms with Crippen LogP contribution in [0.5, 0.6) is 0 Å². The Kier molecular flexibility index (Phi) is 7.09. The number of para-hydroxylation sites is 1. The number of hydrogen-bond donors (Lipinski definition) is 1. The molecule has 11 heteroatoms. The van der Waals surface area contributed by atoms with Crippen LogP contribution in [0.25, 0.3) is 11.0 Å². The maximum Gasteiger partial charge on any atom is 0.313 e. The van der Waals surface area contributed by atoms with E-state index in [1.54, 1.807) is 22.6 Å². The fourth-order valence-corrected chi connectivity index (χ4v) is 7.46. The first-order valence-electron chi connectivity index (χ1n) is 15.2. The molecule has 2 aromatic carbocycles. The summed E-state index contributed by atoms with van der Waals surface area (Å²) in [5, 5.41) is 19.3. The van der Waals surface area contributed by atoms with Gasteiger partial charge in [0.2, 0.25) is 5.91 Å². The molecule has 0 bridgehead atoms. The monoisotopic (exact) mass is 597 g/mol. The van der Waals surface area contributed by atoms with Gasteiger partial charge in [-0.05, 0) is 43.9 Å². The van der Waals surface area contributed by atoms with E-state index in [0.717, 1.165) is 18.4 Å². The minimum atomic E-state index is -1.48. The summed E-state index contributed by atoms with van der Waals surface area (Å²) < 4.78 is 14.3. The number of esters is 1. The maximum atomic E-state index is 14.8. The molecule has 228 valence electrons. The number of rotatable bonds is 5. The van der Waals surface area contributed by atoms with Crippen LogP contribution in [0.3, 0.4) is 0 Å². The first-order valence-corrected chi connectivity index (χ1v) is 15.2. The molecule has 11 nitrogen and oxygen atoms in total. The lowest BCUT2D eigenvalue weighted by atomic mass is 9.74. The molecule has 1 unspecified atom stereocenters. The van der Waals surface area contributed by atoms with Crippen molar-refractivity contribution < 1.29 is 29.0 Å². The van der Waals surface area contributed by atoms with Crippen molar-refractivity contribution >= 4 is 28.8 Å². The molecule has 7 rings (SSSR count). The van der Waals surface area contributed by atoms with E-state index in [1.165, 1.54) is 4.90 Å². The lowest BCUT2D eigenvalue weighted by Crippen LogP contribution is -2.57. The number of ether oxygens (including phenoxy) is 2. The molecule has 1 aromatic heterocycles. The van der Waals surface area contributed by atoms with Gasteiger partial charge >= 0.3 is 5.97 Å². The molecule has 6 atom stereocenters. The van der Waals surface area contributed by atoms with Crippen LogP contribution in [0.4, 0.5) is 0 Å². The second kappa shape index (κ2) is 11.0. The highest BCUT2D eigenvalue weighted by molar-refractivity contribution is 5.99. The minimum absolute atomic E-state index is 0.0841. The van der Waals surface area contributed by atoms with Gasteiger partial charge in [0, 0.05) is 6.54 Å². The lowest BCUT2D eigenvalue weighted by Gasteiger charge is -2.40. The second-order valence-electron chi connectivity index (χ2n) is 12.1. The number of benzene rings is 2. The zero-order chi connectivity index (χ0) is 30.5. The number of fused-ring (bicyclic) bond motifs is 3. The molecule has 44 heavy (non-hydrogen) atoms. The summed E-state index contributed by atoms with van der Waals surface area (Å²) >= 11 is 0. The third-order valence-electron chi connectivity index (χ3n) is 9.44. The van der Waals surface area contributed by atoms with Crippen molar-refractivity contribution in [1.29, 1.82) is 0 Å². The zero-order valence-electron chi connectivity index (χ0n) is 24.5. The van der Waals surface area contributed by atoms with Crippen molar-refractivity contribution in [1.82, 2.24) is 24.8 Å². The van der Waals surface area contributed by atoms with Crippen LogP contribution >= 0.6 is 0 Å². The maximum absolute atomic E-state index is 14.8. The first kappa shape index (κ1) is 28.4. The molecule has 0 aliphatic carbocycles. The molecule has 1 N–H and O–H groups in total. The van der Waals surface area contributed by atoms with E-state index >= 15 is 0 Å². The molecular weight excluding hydrogens is 562 g/mol. The lowest BCUT2D eigenvalue weighted by molar-refractivity contribution is -0.162. The normalized spacial score (nSPS) is 31.7. The summed E-state index contributed by atoms with van der Waals surface area (Å²) in [5.74, 6) is -3.36. The van der Waals surface area contributed by atoms with Crippen LogP contribution in [0, 0.1) is 11.8 Å². The number of cyclic esters (lactones) is 1. The summed E-state index contributed by atoms with van der Waals surface area (Å²) in [6.45, 7) is 1.92. The molecule has 2 saturated heterocycles. The molecular formula is C33H35N5O6. The quantitative estimate of drug-likeness (QED) is 0.352. The van der Waals surface area contributed by atoms with Crippen molar-refractivity contribution in [2.45, 2.75) is 56.1 Å². The van der Waals surface area contributed by atoms with Gasteiger partial charge in [-0.25, -0.2) is 4.68 Å². The Bertz CT molecular complexity index is 1650. The van der Waals surface area contributed by atoms with Crippen LogP contribution in [0.15, 0.2) is 78.9 Å². The minimum Gasteiger partial charge on any atom is -0.465 e. The first-order chi connectivity index (χ1) is 21.4. The topological polar surface area (TPSA) is 127 Å². The highest BCUT2D eigenvalue weighted by atomic mass is 16.6. The SMILES string of the molecule is C[C@@]12/C=C\CCCCOC(=O)[C@@H]1[C@H]1C(=O)N([C@H](CO)c3ccccc3)C3C(=O)N(Cn4nnc5ccccc54)CC=C[C@@]31O2. The summed E-state index contributed by atoms with van der Waals surface area (Å²) in [6.07, 6.45) is 9.81. The Hall–Kier alpha value is -4.35. The van der Waals surface area contributed by atoms with Crippen molar-refractivity contribution in [2.75, 3.05) is 19.8 Å². The van der Waals surface area contributed by atoms with Gasteiger partial charge in [0.15, 0.2) is 0 Å². The standard InChI is InChI=1S/C33H35N5O6/c1-32-16-9-2-3-10-19-43-31(42)27(32)26-29(40)38(25(20-39)22-12-5-4-6-13-22)28-30(41)36(18-11-17-33(26,28)44-32)21-37-24-15-8-7-14-23(24)34-35-37/h4-9,11-17,25-28,39H,2-3,10,18-21H2,1H3/b16-9-/t25-,26+,27+,28?,32-,33+/m1/s1. The molecule has 2 amide bonds. The average molecular weight is 598 g/mol. The largest absolute Gasteiger partial charge is 0.465 e. The highest BCUT2D eigenvalue weighted by Gasteiger charge is 2.75. The average Bonchev–Trinajstić information content (AvgIpc) is 3.59. The summed E-state index contributed by atoms with van der Waals surface area (Å²) in [6, 6.07) is 14.6. The zero-order valence-corrected chi connectivity index (χ0v) is 24.5. The highest BCUT2D eigenvalue weighted by Crippen LogP contribution is 2.58. The number of aliphatic hydroxyl groups excluding tert-OH is 1. The number of aromatic nitrogens is 3. The number of aliphatic hydroxyl groups is 1. The van der Waals surface area contributed by atoms with E-state index in [4.69, 9.17) is 9.47 Å². The van der Waals surface area contributed by atoms with Crippen molar-refractivity contribution in [2.24, 2.45) is 11.8 Å². The molecule has 5 heterocycles. The number of amides is 2. The Morgan fingerprint density at radius 2 is 1.77 bits per heavy atom. The van der Waals surface area contributed by atoms with Gasteiger partial charge in [0.05, 0.1) is 36.3 Å². The van der Waals surface area contributed by atoms with Gasteiger partial charge in [-0.15, -0.1) is 5.10 Å². The smallest absolute Gasteiger partial charge is 0.313 e. The van der Waals surface area contributed by atoms with Crippen LogP contribution < -0.4 is 0 Å². The molecule has 0 saturated carbocycles. The number of allylic oxidation sites excluding steroid dienone is 1. The Morgan fingerprint density at radius 1 is 0.977 bits per heavy atom. The number of carbonyl (C=O) groups is 3. The Morgan fingerprint density at radius 3 is 2.59 bits per heavy atom. The number of hydrogen-bond acceptors (Lipinski definition) is 8. The molecule has 0 radical (unpaired) electrons. The molecule has 2 fully saturated rings. The van der Waals surface area contributed by atoms with Crippen molar-refractivity contribution in [3.05, 3.63) is 84.5 Å². The van der Waals surface area contributed by atoms with Crippen LogP contribution in [0.2, 0.25) is 0 Å². The fourth-order valence-electron chi connectivity index (χ4n) is 7.46. The molecule has 4 aliphatic rings. The van der Waals surface area contributed by atoms with Crippen molar-refractivity contribution in [3.8, 4) is 0 Å². The number of likely N-dealkylation sites (tertiary alicyclic amines) is 1. The van der Waals surface area contributed by atoms with Crippen molar-refractivity contribution in [3.63, 3.8) is 0 Å². The van der Waals surface area contributed by atoms with Gasteiger partial charge in [0.1, 0.15) is 29.7 Å². The van der Waals surface area contributed by atoms with Gasteiger partial charge in [0.25, 0.3) is 5.91 Å². The third-order valence-corrected chi connectivity index (χ3v) is 9.44. The van der Waals surface area contributed by atoms with Crippen LogP contribution in [-0.2, 0) is 30.5 Å². The summed E-state index contributed by atoms with van der Waals surface area (Å²) in [5.41, 5.74) is -0.538. The van der Waals surface area contributed by atoms with E-state index in [0.29, 0.717) is 17.5 Å². The summed E-state index contributed by atoms with van der Waals surface area (Å²) in [4.78, 5) is 46.4. The van der Waals surface area contributed by atoms with E-state index < -0.39 is 53.6 Å². The number of carbonyl (C=O) groups excluding carboxylic acids is 3. The summed E-state index contributed by atoms with van der Waals surface area (Å²) in [7, 11) is 0. The number of nitrogens with zero attached hydrogens (tertiary/aromatic N) is 5. The van der Waals surface area contributed by atoms with E-state index in [-0.39, 0.29) is 25.7 Å². The van der Waals surface area contributed by atoms with Crippen LogP contribution in [0.1, 0.15) is 37.8 Å². The predicted octanol–water partition coefficient (Wildman–Crippen LogP) is 2.78. The van der Waals surface area contributed by atoms with E-state index in [9.17, 15) is 19.5 Å². The third kappa shape index (κ3) is 4.36. The van der Waals surface area contributed by atoms with Crippen LogP contribution in [-0.4, -0.2) is 84.7 Å². The van der Waals surface area contributed by atoms with E-state index in [2.05, 4.69) is 10.3 Å². The fraction of sp³-hybridized carbons (Fsp3) is 0.424. The van der Waals surface area contributed by atoms with Gasteiger partial charge in [-0.3, -0.25) is 14.4 Å². The van der Waals surface area contributed by atoms with Gasteiger partial charge in [-0.1, -0.05) is 72.0 Å². The second-order valence-corrected chi connectivity index (χ2v) is 12.1. The predicted molar refractivity (Wildman–Crippen MR) is 158 cm³/mol. The molecule has 1 spiro atoms. The molecule has 4 aliphatic heterocycles. The Balaban J connectivity index is 1.36.